The van der Waals surface area contributed by atoms with Crippen molar-refractivity contribution in [3.8, 4) is 0 Å². The molecule has 13 heteroatoms. The first-order valence-corrected chi connectivity index (χ1v) is 8.81. The molecule has 0 radical (unpaired) electrons. The van der Waals surface area contributed by atoms with Gasteiger partial charge in [0.15, 0.2) is 12.1 Å². The molecule has 8 nitrogen and oxygen atoms in total. The Kier molecular flexibility index (Phi) is 11.2. The second kappa shape index (κ2) is 12.2. The third kappa shape index (κ3) is 7.85. The zero-order valence-electron chi connectivity index (χ0n) is 15.1. The lowest BCUT2D eigenvalue weighted by Gasteiger charge is -2.11. The molecule has 0 bridgehead atoms. The highest BCUT2D eigenvalue weighted by atomic mass is 35.5. The van der Waals surface area contributed by atoms with Gasteiger partial charge in [-0.2, -0.15) is 18.2 Å². The van der Waals surface area contributed by atoms with Gasteiger partial charge in [-0.15, -0.1) is 24.2 Å². The van der Waals surface area contributed by atoms with Crippen molar-refractivity contribution in [2.45, 2.75) is 17.6 Å². The second-order valence-corrected chi connectivity index (χ2v) is 6.03. The highest BCUT2D eigenvalue weighted by molar-refractivity contribution is 7.98. The van der Waals surface area contributed by atoms with E-state index in [4.69, 9.17) is 10.9 Å². The number of thioether (sulfide) groups is 1. The van der Waals surface area contributed by atoms with E-state index in [2.05, 4.69) is 21.2 Å². The van der Waals surface area contributed by atoms with Crippen molar-refractivity contribution in [2.24, 2.45) is 5.90 Å². The maximum Gasteiger partial charge on any atom is 0.416 e. The average Bonchev–Trinajstić information content (AvgIpc) is 2.67. The molecule has 29 heavy (non-hydrogen) atoms. The number of hydrogen-bond acceptors (Lipinski definition) is 9. The minimum Gasteiger partial charge on any atom is -0.368 e. The summed E-state index contributed by atoms with van der Waals surface area (Å²) in [6, 6.07) is 4.57. The van der Waals surface area contributed by atoms with Crippen LogP contribution in [0, 0.1) is 0 Å². The number of Topliss-reactive ketones (excluding diaryl/α,β-unsaturated/α-hetero) is 1. The van der Waals surface area contributed by atoms with E-state index in [1.807, 2.05) is 0 Å². The third-order valence-corrected chi connectivity index (χ3v) is 4.05. The standard InChI is InChI=1S/C16H15F3N4O2S.ClH.H3NO/c1-26-14-12(8-24)13(22-15(20)23-14)21-7-11(25)6-9-3-2-4-10(5-9)16(17,18)19;;1-2/h2-5,8H,6-7H2,1H3,(H3,20,21,22,23);1H;2H,1H2. The van der Waals surface area contributed by atoms with Crippen LogP contribution >= 0.6 is 24.2 Å². The van der Waals surface area contributed by atoms with Gasteiger partial charge in [-0.05, 0) is 17.9 Å². The molecule has 1 aromatic carbocycles. The van der Waals surface area contributed by atoms with Crippen LogP contribution in [-0.4, -0.2) is 40.0 Å². The largest absolute Gasteiger partial charge is 0.416 e. The Morgan fingerprint density at radius 1 is 1.31 bits per heavy atom. The molecule has 0 unspecified atom stereocenters. The van der Waals surface area contributed by atoms with Gasteiger partial charge in [0.25, 0.3) is 0 Å². The number of benzene rings is 1. The van der Waals surface area contributed by atoms with E-state index in [-0.39, 0.29) is 54.0 Å². The van der Waals surface area contributed by atoms with Crippen molar-refractivity contribution in [1.29, 1.82) is 0 Å². The molecule has 6 N–H and O–H groups in total. The zero-order valence-corrected chi connectivity index (χ0v) is 16.7. The third-order valence-electron chi connectivity index (χ3n) is 3.35. The summed E-state index contributed by atoms with van der Waals surface area (Å²) in [4.78, 5) is 31.1. The van der Waals surface area contributed by atoms with Crippen molar-refractivity contribution in [3.63, 3.8) is 0 Å². The van der Waals surface area contributed by atoms with Gasteiger partial charge in [-0.1, -0.05) is 18.2 Å². The normalized spacial score (nSPS) is 10.3. The van der Waals surface area contributed by atoms with E-state index in [0.717, 1.165) is 12.1 Å². The van der Waals surface area contributed by atoms with Crippen LogP contribution in [0.3, 0.4) is 0 Å². The number of ketones is 1. The fourth-order valence-corrected chi connectivity index (χ4v) is 2.74. The summed E-state index contributed by atoms with van der Waals surface area (Å²) < 4.78 is 38.1. The zero-order chi connectivity index (χ0) is 21.3. The molecule has 0 fully saturated rings. The Balaban J connectivity index is 0.00000253. The SMILES string of the molecule is CSc1nc(N)nc(NCC(=O)Cc2cccc(C(F)(F)F)c2)c1C=O.Cl.NO. The molecule has 0 atom stereocenters. The van der Waals surface area contributed by atoms with Gasteiger partial charge in [0.05, 0.1) is 17.7 Å². The number of carbonyl (C=O) groups excluding carboxylic acids is 2. The molecule has 2 rings (SSSR count). The van der Waals surface area contributed by atoms with Gasteiger partial charge in [0.1, 0.15) is 10.8 Å². The van der Waals surface area contributed by atoms with E-state index >= 15 is 0 Å². The van der Waals surface area contributed by atoms with Crippen molar-refractivity contribution >= 4 is 48.0 Å². The lowest BCUT2D eigenvalue weighted by atomic mass is 10.1. The van der Waals surface area contributed by atoms with E-state index in [0.29, 0.717) is 11.3 Å². The number of halogens is 4. The van der Waals surface area contributed by atoms with Crippen LogP contribution in [-0.2, 0) is 17.4 Å². The van der Waals surface area contributed by atoms with Crippen LogP contribution in [0.5, 0.6) is 0 Å². The van der Waals surface area contributed by atoms with Crippen LogP contribution < -0.4 is 16.9 Å². The van der Waals surface area contributed by atoms with Gasteiger partial charge in [-0.25, -0.2) is 10.9 Å². The van der Waals surface area contributed by atoms with E-state index in [1.54, 1.807) is 6.26 Å². The van der Waals surface area contributed by atoms with Gasteiger partial charge in [0.2, 0.25) is 5.95 Å². The smallest absolute Gasteiger partial charge is 0.368 e. The first-order chi connectivity index (χ1) is 13.2. The number of nitrogens with zero attached hydrogens (tertiary/aromatic N) is 2. The maximum atomic E-state index is 12.7. The average molecular weight is 454 g/mol. The molecule has 160 valence electrons. The van der Waals surface area contributed by atoms with E-state index in [1.165, 1.54) is 23.9 Å². The molecular weight excluding hydrogens is 435 g/mol. The van der Waals surface area contributed by atoms with E-state index in [9.17, 15) is 22.8 Å². The monoisotopic (exact) mass is 453 g/mol. The molecule has 0 aliphatic carbocycles. The lowest BCUT2D eigenvalue weighted by molar-refractivity contribution is -0.137. The fourth-order valence-electron chi connectivity index (χ4n) is 2.19. The number of carbonyl (C=O) groups is 2. The Morgan fingerprint density at radius 2 is 1.97 bits per heavy atom. The van der Waals surface area contributed by atoms with Crippen molar-refractivity contribution < 1.29 is 28.0 Å². The first kappa shape index (κ1) is 26.6. The summed E-state index contributed by atoms with van der Waals surface area (Å²) in [5, 5.41) is 9.56. The number of hydrogen-bond donors (Lipinski definition) is 4. The highest BCUT2D eigenvalue weighted by Crippen LogP contribution is 2.29. The minimum absolute atomic E-state index is 0. The van der Waals surface area contributed by atoms with Gasteiger partial charge < -0.3 is 16.3 Å². The number of rotatable bonds is 7. The summed E-state index contributed by atoms with van der Waals surface area (Å²) in [7, 11) is 0. The Morgan fingerprint density at radius 3 is 2.52 bits per heavy atom. The number of aromatic nitrogens is 2. The summed E-state index contributed by atoms with van der Waals surface area (Å²) in [5.74, 6) is 3.17. The maximum absolute atomic E-state index is 12.7. The van der Waals surface area contributed by atoms with Crippen molar-refractivity contribution in [3.05, 3.63) is 41.0 Å². The number of aldehydes is 1. The topological polar surface area (TPSA) is 144 Å². The Bertz CT molecular complexity index is 840. The highest BCUT2D eigenvalue weighted by Gasteiger charge is 2.30. The van der Waals surface area contributed by atoms with Gasteiger partial charge in [-0.3, -0.25) is 9.59 Å². The Labute approximate surface area is 174 Å². The number of alkyl halides is 3. The fraction of sp³-hybridized carbons (Fsp3) is 0.250. The van der Waals surface area contributed by atoms with Crippen LogP contribution in [0.1, 0.15) is 21.5 Å². The molecule has 0 spiro atoms. The van der Waals surface area contributed by atoms with Crippen molar-refractivity contribution in [1.82, 2.24) is 9.97 Å². The molecule has 0 aliphatic heterocycles. The molecule has 0 aliphatic rings. The van der Waals surface area contributed by atoms with Gasteiger partial charge in [0, 0.05) is 6.42 Å². The second-order valence-electron chi connectivity index (χ2n) is 5.24. The summed E-state index contributed by atoms with van der Waals surface area (Å²) >= 11 is 1.20. The van der Waals surface area contributed by atoms with Crippen molar-refractivity contribution in [2.75, 3.05) is 23.9 Å². The predicted molar refractivity (Wildman–Crippen MR) is 105 cm³/mol. The van der Waals surface area contributed by atoms with Gasteiger partial charge >= 0.3 is 6.18 Å². The summed E-state index contributed by atoms with van der Waals surface area (Å²) in [6.45, 7) is -0.221. The predicted octanol–water partition coefficient (Wildman–Crippen LogP) is 2.59. The number of nitrogen functional groups attached to an aromatic ring is 1. The molecule has 2 aromatic rings. The van der Waals surface area contributed by atoms with Crippen LogP contribution in [0.15, 0.2) is 29.3 Å². The summed E-state index contributed by atoms with van der Waals surface area (Å²) in [5.41, 5.74) is 5.16. The molecule has 1 aromatic heterocycles. The van der Waals surface area contributed by atoms with E-state index < -0.39 is 11.7 Å². The molecule has 1 heterocycles. The van der Waals surface area contributed by atoms with Crippen LogP contribution in [0.4, 0.5) is 24.9 Å². The first-order valence-electron chi connectivity index (χ1n) is 7.58. The quantitative estimate of drug-likeness (QED) is 0.215. The molecule has 0 amide bonds. The summed E-state index contributed by atoms with van der Waals surface area (Å²) in [6.07, 6.45) is -2.41. The number of nitrogens with one attached hydrogen (secondary N) is 1. The van der Waals surface area contributed by atoms with Crippen LogP contribution in [0.2, 0.25) is 0 Å². The van der Waals surface area contributed by atoms with Crippen LogP contribution in [0.25, 0.3) is 0 Å². The number of nitrogens with two attached hydrogens (primary N) is 2. The molecular formula is C16H19ClF3N5O3S. The molecule has 0 saturated carbocycles. The molecule has 0 saturated heterocycles. The number of anilines is 2. The minimum atomic E-state index is -4.47. The Hall–Kier alpha value is -2.41. The lowest BCUT2D eigenvalue weighted by Crippen LogP contribution is -2.19.